The van der Waals surface area contributed by atoms with Gasteiger partial charge in [-0.1, -0.05) is 200 Å². The van der Waals surface area contributed by atoms with Crippen molar-refractivity contribution in [2.24, 2.45) is 0 Å². The van der Waals surface area contributed by atoms with Gasteiger partial charge in [-0.15, -0.1) is 0 Å². The molecule has 11 aromatic rings. The Bertz CT molecular complexity index is 3570. The molecule has 63 heavy (non-hydrogen) atoms. The first-order chi connectivity index (χ1) is 31.2. The van der Waals surface area contributed by atoms with E-state index >= 15 is 4.57 Å². The standard InChI is InChI=1S/C59H41N2OP/c62-63(43-22-9-3-10-23-43,44-24-11-4-12-25-44)45-34-32-40(33-35-45)46-36-37-49(48-27-14-13-26-47(46)48)50-29-17-30-52-56-53(58(60-59(50)52)41-18-5-1-6-19-41)38-39-55-57(56)51-28-15-16-31-54(51)61(55)42-20-7-2-8-21-42/h1-12,14-25,27-39H,13,26H2. The number of hydrogen-bond acceptors (Lipinski definition) is 2. The molecule has 2 aromatic heterocycles. The fourth-order valence-electron chi connectivity index (χ4n) is 10.1. The normalized spacial score (nSPS) is 12.6. The van der Waals surface area contributed by atoms with Crippen LogP contribution in [-0.2, 0) is 11.0 Å². The molecule has 12 rings (SSSR count). The van der Waals surface area contributed by atoms with Gasteiger partial charge in [0.2, 0.25) is 0 Å². The van der Waals surface area contributed by atoms with Crippen LogP contribution in [0, 0.1) is 0 Å². The van der Waals surface area contributed by atoms with Crippen LogP contribution < -0.4 is 15.9 Å². The summed E-state index contributed by atoms with van der Waals surface area (Å²) in [7, 11) is -3.09. The van der Waals surface area contributed by atoms with Crippen molar-refractivity contribution in [2.75, 3.05) is 0 Å². The Morgan fingerprint density at radius 1 is 0.444 bits per heavy atom. The second-order valence-corrected chi connectivity index (χ2v) is 19.2. The molecule has 0 spiro atoms. The van der Waals surface area contributed by atoms with E-state index < -0.39 is 7.14 Å². The minimum atomic E-state index is -3.09. The molecule has 2 heterocycles. The maximum absolute atomic E-state index is 15.2. The van der Waals surface area contributed by atoms with Gasteiger partial charge in [0, 0.05) is 59.7 Å². The number of aromatic nitrogens is 2. The van der Waals surface area contributed by atoms with E-state index in [1.807, 2.05) is 60.7 Å². The molecule has 9 aromatic carbocycles. The molecule has 0 fully saturated rings. The van der Waals surface area contributed by atoms with Gasteiger partial charge in [-0.25, -0.2) is 4.98 Å². The number of para-hydroxylation sites is 3. The van der Waals surface area contributed by atoms with Crippen LogP contribution in [0.1, 0.15) is 17.5 Å². The van der Waals surface area contributed by atoms with Gasteiger partial charge < -0.3 is 9.13 Å². The summed E-state index contributed by atoms with van der Waals surface area (Å²) < 4.78 is 17.6. The lowest BCUT2D eigenvalue weighted by Gasteiger charge is -2.22. The van der Waals surface area contributed by atoms with Crippen molar-refractivity contribution in [1.29, 1.82) is 0 Å². The minimum Gasteiger partial charge on any atom is -0.309 e. The zero-order valence-corrected chi connectivity index (χ0v) is 35.4. The van der Waals surface area contributed by atoms with Crippen molar-refractivity contribution in [3.8, 4) is 39.2 Å². The Labute approximate surface area is 366 Å². The van der Waals surface area contributed by atoms with Crippen LogP contribution in [0.5, 0.6) is 0 Å². The monoisotopic (exact) mass is 824 g/mol. The second-order valence-electron chi connectivity index (χ2n) is 16.4. The molecular weight excluding hydrogens is 784 g/mol. The van der Waals surface area contributed by atoms with Gasteiger partial charge >= 0.3 is 0 Å². The Morgan fingerprint density at radius 3 is 1.79 bits per heavy atom. The van der Waals surface area contributed by atoms with Crippen LogP contribution in [0.25, 0.3) is 88.8 Å². The average molecular weight is 825 g/mol. The number of fused-ring (bicyclic) bond motifs is 8. The summed E-state index contributed by atoms with van der Waals surface area (Å²) in [5, 5.41) is 8.46. The van der Waals surface area contributed by atoms with Gasteiger partial charge in [0.05, 0.1) is 22.2 Å². The van der Waals surface area contributed by atoms with E-state index in [-0.39, 0.29) is 0 Å². The lowest BCUT2D eigenvalue weighted by molar-refractivity contribution is 0.592. The van der Waals surface area contributed by atoms with Crippen LogP contribution in [0.4, 0.5) is 0 Å². The van der Waals surface area contributed by atoms with Gasteiger partial charge in [0.25, 0.3) is 0 Å². The smallest absolute Gasteiger partial charge is 0.171 e. The molecule has 0 bridgehead atoms. The van der Waals surface area contributed by atoms with Gasteiger partial charge in [-0.2, -0.15) is 0 Å². The third-order valence-electron chi connectivity index (χ3n) is 13.0. The van der Waals surface area contributed by atoms with Gasteiger partial charge in [-0.3, -0.25) is 0 Å². The highest BCUT2D eigenvalue weighted by molar-refractivity contribution is 7.85. The predicted molar refractivity (Wildman–Crippen MR) is 267 cm³/mol. The summed E-state index contributed by atoms with van der Waals surface area (Å²) in [4.78, 5) is 5.66. The van der Waals surface area contributed by atoms with Crippen LogP contribution >= 0.6 is 7.14 Å². The van der Waals surface area contributed by atoms with Crippen molar-refractivity contribution < 1.29 is 4.57 Å². The van der Waals surface area contributed by atoms with Crippen LogP contribution in [0.2, 0.25) is 0 Å². The van der Waals surface area contributed by atoms with E-state index in [1.165, 1.54) is 49.4 Å². The summed E-state index contributed by atoms with van der Waals surface area (Å²) in [6.07, 6.45) is 6.52. The molecule has 0 amide bonds. The molecule has 0 saturated carbocycles. The summed E-state index contributed by atoms with van der Waals surface area (Å²) in [5.74, 6) is 0. The lowest BCUT2D eigenvalue weighted by Crippen LogP contribution is -2.24. The molecule has 0 aliphatic heterocycles. The first kappa shape index (κ1) is 37.2. The molecule has 1 aliphatic rings. The second kappa shape index (κ2) is 15.1. The number of benzene rings is 9. The molecule has 0 unspecified atom stereocenters. The maximum atomic E-state index is 15.2. The van der Waals surface area contributed by atoms with Crippen molar-refractivity contribution in [1.82, 2.24) is 9.55 Å². The molecule has 0 radical (unpaired) electrons. The first-order valence-electron chi connectivity index (χ1n) is 21.7. The Morgan fingerprint density at radius 2 is 1.06 bits per heavy atom. The highest BCUT2D eigenvalue weighted by Crippen LogP contribution is 2.47. The molecule has 0 atom stereocenters. The predicted octanol–water partition coefficient (Wildman–Crippen LogP) is 14.1. The molecular formula is C59H41N2OP. The summed E-state index contributed by atoms with van der Waals surface area (Å²) in [6.45, 7) is 0. The average Bonchev–Trinajstić information content (AvgIpc) is 3.71. The van der Waals surface area contributed by atoms with E-state index in [2.05, 4.69) is 168 Å². The molecule has 1 aliphatic carbocycles. The zero-order chi connectivity index (χ0) is 41.9. The van der Waals surface area contributed by atoms with Crippen LogP contribution in [0.15, 0.2) is 218 Å². The summed E-state index contributed by atoms with van der Waals surface area (Å²) >= 11 is 0. The molecule has 3 nitrogen and oxygen atoms in total. The van der Waals surface area contributed by atoms with E-state index in [0.717, 1.165) is 73.1 Å². The van der Waals surface area contributed by atoms with Gasteiger partial charge in [-0.05, 0) is 64.9 Å². The number of pyridine rings is 1. The quantitative estimate of drug-likeness (QED) is 0.119. The Kier molecular flexibility index (Phi) is 8.92. The maximum Gasteiger partial charge on any atom is 0.171 e. The Balaban J connectivity index is 1.07. The van der Waals surface area contributed by atoms with Gasteiger partial charge in [0.1, 0.15) is 0 Å². The molecule has 0 N–H and O–H groups in total. The molecule has 298 valence electrons. The van der Waals surface area contributed by atoms with Crippen LogP contribution in [0.3, 0.4) is 0 Å². The largest absolute Gasteiger partial charge is 0.309 e. The van der Waals surface area contributed by atoms with Gasteiger partial charge in [0.15, 0.2) is 7.14 Å². The summed E-state index contributed by atoms with van der Waals surface area (Å²) in [6, 6.07) is 74.3. The van der Waals surface area contributed by atoms with E-state index in [1.54, 1.807) is 0 Å². The Hall–Kier alpha value is -7.58. The van der Waals surface area contributed by atoms with Crippen LogP contribution in [-0.4, -0.2) is 9.55 Å². The lowest BCUT2D eigenvalue weighted by atomic mass is 9.84. The van der Waals surface area contributed by atoms with Crippen molar-refractivity contribution in [3.05, 3.63) is 230 Å². The SMILES string of the molecule is O=P(c1ccccc1)(c1ccccc1)c1ccc(-c2ccc(-c3cccc4c3nc(-c3ccccc3)c3ccc5c(c6ccccc6n5-c5ccccc5)c34)c3c2CCC=C3)cc1. The van der Waals surface area contributed by atoms with Crippen molar-refractivity contribution >= 4 is 72.6 Å². The fraction of sp³-hybridized carbons (Fsp3) is 0.0339. The van der Waals surface area contributed by atoms with E-state index in [0.29, 0.717) is 0 Å². The third-order valence-corrected chi connectivity index (χ3v) is 16.0. The third kappa shape index (κ3) is 5.96. The first-order valence-corrected chi connectivity index (χ1v) is 23.4. The molecule has 0 saturated heterocycles. The number of hydrogen-bond donors (Lipinski definition) is 0. The molecule has 4 heteroatoms. The number of rotatable bonds is 7. The van der Waals surface area contributed by atoms with E-state index in [9.17, 15) is 0 Å². The number of nitrogens with zero attached hydrogens (tertiary/aromatic N) is 2. The minimum absolute atomic E-state index is 0.832. The highest BCUT2D eigenvalue weighted by atomic mass is 31.2. The van der Waals surface area contributed by atoms with Crippen molar-refractivity contribution in [2.45, 2.75) is 12.8 Å². The topological polar surface area (TPSA) is 34.9 Å². The summed E-state index contributed by atoms with van der Waals surface area (Å²) in [5.41, 5.74) is 13.7. The highest BCUT2D eigenvalue weighted by Gasteiger charge is 2.30. The fourth-order valence-corrected chi connectivity index (χ4v) is 12.7. The zero-order valence-electron chi connectivity index (χ0n) is 34.5. The number of allylic oxidation sites excluding steroid dienone is 1. The van der Waals surface area contributed by atoms with Crippen molar-refractivity contribution in [3.63, 3.8) is 0 Å². The van der Waals surface area contributed by atoms with E-state index in [4.69, 9.17) is 4.98 Å².